The first-order chi connectivity index (χ1) is 24.8. The zero-order valence-corrected chi connectivity index (χ0v) is 28.4. The molecule has 1 unspecified atom stereocenters. The molecule has 7 rings (SSSR count). The molecule has 51 heavy (non-hydrogen) atoms. The number of amides is 3. The summed E-state index contributed by atoms with van der Waals surface area (Å²) in [5.41, 5.74) is 13.2. The van der Waals surface area contributed by atoms with Crippen LogP contribution in [0.2, 0.25) is 0 Å². The van der Waals surface area contributed by atoms with Crippen molar-refractivity contribution in [3.63, 3.8) is 0 Å². The molecular weight excluding hydrogens is 644 g/mol. The summed E-state index contributed by atoms with van der Waals surface area (Å²) in [6.45, 7) is 1.17. The molecule has 0 radical (unpaired) electrons. The fraction of sp³-hybridized carbons (Fsp3) is 0.200. The summed E-state index contributed by atoms with van der Waals surface area (Å²) in [7, 11) is 3.28. The number of aromatic nitrogens is 1. The van der Waals surface area contributed by atoms with Gasteiger partial charge in [-0.05, 0) is 71.5 Å². The van der Waals surface area contributed by atoms with Gasteiger partial charge in [0.05, 0.1) is 36.7 Å². The average Bonchev–Trinajstić information content (AvgIpc) is 3.46. The zero-order valence-electron chi connectivity index (χ0n) is 28.4. The van der Waals surface area contributed by atoms with Crippen molar-refractivity contribution in [3.05, 3.63) is 125 Å². The minimum Gasteiger partial charge on any atom is -0.493 e. The molecule has 11 heteroatoms. The monoisotopic (exact) mass is 682 g/mol. The number of aryl methyl sites for hydroxylation is 1. The maximum absolute atomic E-state index is 13.6. The van der Waals surface area contributed by atoms with Crippen LogP contribution in [0.25, 0.3) is 11.1 Å². The Kier molecular flexibility index (Phi) is 9.26. The highest BCUT2D eigenvalue weighted by Gasteiger charge is 2.33. The summed E-state index contributed by atoms with van der Waals surface area (Å²) in [4.78, 5) is 46.1. The van der Waals surface area contributed by atoms with Crippen molar-refractivity contribution in [1.29, 1.82) is 0 Å². The number of methoxy groups -OCH3 is 1. The smallest absolute Gasteiger partial charge is 0.267 e. The van der Waals surface area contributed by atoms with Gasteiger partial charge < -0.3 is 35.3 Å². The number of anilines is 2. The van der Waals surface area contributed by atoms with Gasteiger partial charge >= 0.3 is 0 Å². The van der Waals surface area contributed by atoms with Gasteiger partial charge in [-0.2, -0.15) is 0 Å². The van der Waals surface area contributed by atoms with E-state index in [1.165, 1.54) is 12.7 Å². The van der Waals surface area contributed by atoms with Crippen LogP contribution >= 0.6 is 0 Å². The minimum atomic E-state index is -0.279. The Balaban J connectivity index is 0.918. The van der Waals surface area contributed by atoms with Gasteiger partial charge in [-0.15, -0.1) is 0 Å². The Labute approximate surface area is 295 Å². The van der Waals surface area contributed by atoms with Crippen LogP contribution in [-0.4, -0.2) is 59.7 Å². The van der Waals surface area contributed by atoms with Crippen LogP contribution in [0.3, 0.4) is 0 Å². The summed E-state index contributed by atoms with van der Waals surface area (Å²) in [5, 5.41) is 5.78. The number of hydrogen-bond acceptors (Lipinski definition) is 7. The molecule has 1 atom stereocenters. The number of nitrogens with two attached hydrogens (primary N) is 1. The summed E-state index contributed by atoms with van der Waals surface area (Å²) in [5.74, 6) is 0.256. The lowest BCUT2D eigenvalue weighted by atomic mass is 9.94. The van der Waals surface area contributed by atoms with E-state index in [1.807, 2.05) is 59.6 Å². The lowest BCUT2D eigenvalue weighted by Crippen LogP contribution is -2.44. The molecule has 1 aromatic heterocycles. The Bertz CT molecular complexity index is 2140. The van der Waals surface area contributed by atoms with Gasteiger partial charge in [0.2, 0.25) is 0 Å². The Morgan fingerprint density at radius 1 is 0.922 bits per heavy atom. The molecule has 258 valence electrons. The van der Waals surface area contributed by atoms with E-state index in [-0.39, 0.29) is 23.8 Å². The molecule has 0 saturated heterocycles. The molecule has 2 aliphatic heterocycles. The number of hydrogen-bond donors (Lipinski definition) is 3. The normalized spacial score (nSPS) is 14.5. The molecule has 2 aliphatic rings. The number of nitrogens with zero attached hydrogens (tertiary/aromatic N) is 3. The Morgan fingerprint density at radius 3 is 2.39 bits per heavy atom. The van der Waals surface area contributed by atoms with Crippen molar-refractivity contribution in [2.75, 3.05) is 31.3 Å². The molecular formula is C40H38N6O5. The minimum absolute atomic E-state index is 0.0953. The van der Waals surface area contributed by atoms with E-state index in [9.17, 15) is 14.4 Å². The second kappa shape index (κ2) is 14.2. The number of ether oxygens (including phenoxy) is 2. The maximum atomic E-state index is 13.6. The van der Waals surface area contributed by atoms with Gasteiger partial charge in [0.25, 0.3) is 17.7 Å². The molecule has 0 saturated carbocycles. The number of nitrogens with one attached hydrogen (secondary N) is 2. The van der Waals surface area contributed by atoms with Crippen LogP contribution in [0.5, 0.6) is 11.5 Å². The lowest BCUT2D eigenvalue weighted by molar-refractivity contribution is 0.0703. The van der Waals surface area contributed by atoms with Crippen molar-refractivity contribution in [2.45, 2.75) is 25.4 Å². The third kappa shape index (κ3) is 7.04. The molecule has 0 spiro atoms. The summed E-state index contributed by atoms with van der Waals surface area (Å²) in [6, 6.07) is 27.9. The number of fused-ring (bicyclic) bond motifs is 3. The quantitative estimate of drug-likeness (QED) is 0.122. The molecule has 3 amide bonds. The fourth-order valence-electron chi connectivity index (χ4n) is 6.42. The first-order valence-electron chi connectivity index (χ1n) is 16.8. The third-order valence-corrected chi connectivity index (χ3v) is 9.20. The van der Waals surface area contributed by atoms with Gasteiger partial charge in [0.15, 0.2) is 11.5 Å². The molecule has 11 nitrogen and oxygen atoms in total. The van der Waals surface area contributed by atoms with Crippen LogP contribution in [-0.2, 0) is 20.0 Å². The number of nitrogen functional groups attached to an aromatic ring is 1. The fourth-order valence-corrected chi connectivity index (χ4v) is 6.42. The van der Waals surface area contributed by atoms with E-state index in [2.05, 4.69) is 27.8 Å². The van der Waals surface area contributed by atoms with Gasteiger partial charge in [-0.3, -0.25) is 19.4 Å². The first kappa shape index (κ1) is 33.2. The molecule has 4 N–H and O–H groups in total. The number of aliphatic imine (C=N–C) groups is 1. The maximum Gasteiger partial charge on any atom is 0.267 e. The number of carbonyl (C=O) groups excluding carboxylic acids is 3. The van der Waals surface area contributed by atoms with Crippen molar-refractivity contribution in [2.24, 2.45) is 12.0 Å². The number of rotatable bonds is 10. The van der Waals surface area contributed by atoms with Gasteiger partial charge in [-0.25, -0.2) is 0 Å². The largest absolute Gasteiger partial charge is 0.493 e. The topological polar surface area (TPSA) is 140 Å². The van der Waals surface area contributed by atoms with Crippen LogP contribution in [0, 0.1) is 0 Å². The second-order valence-corrected chi connectivity index (χ2v) is 12.6. The van der Waals surface area contributed by atoms with E-state index in [4.69, 9.17) is 15.2 Å². The summed E-state index contributed by atoms with van der Waals surface area (Å²) in [6.07, 6.45) is 4.77. The van der Waals surface area contributed by atoms with Crippen molar-refractivity contribution < 1.29 is 23.9 Å². The van der Waals surface area contributed by atoms with Crippen LogP contribution in [0.15, 0.2) is 102 Å². The molecule has 0 fully saturated rings. The SMILES string of the molecule is COc1cc2c(cc1OCCCNC(=O)c1cc(NC(=O)c3ccc(-c4ccc(N)cc4)cc3)cn1C)N=CC1Cc3ccccc3CN1C2=O. The van der Waals surface area contributed by atoms with Crippen molar-refractivity contribution >= 4 is 41.0 Å². The van der Waals surface area contributed by atoms with E-state index in [0.717, 1.165) is 16.7 Å². The number of carbonyl (C=O) groups is 3. The Hall–Kier alpha value is -6.36. The molecule has 0 aliphatic carbocycles. The highest BCUT2D eigenvalue weighted by Crippen LogP contribution is 2.38. The van der Waals surface area contributed by atoms with E-state index in [0.29, 0.717) is 77.9 Å². The summed E-state index contributed by atoms with van der Waals surface area (Å²) >= 11 is 0. The van der Waals surface area contributed by atoms with Crippen LogP contribution in [0.1, 0.15) is 48.8 Å². The van der Waals surface area contributed by atoms with E-state index >= 15 is 0 Å². The highest BCUT2D eigenvalue weighted by atomic mass is 16.5. The molecule has 3 heterocycles. The van der Waals surface area contributed by atoms with Gasteiger partial charge in [-0.1, -0.05) is 48.5 Å². The van der Waals surface area contributed by atoms with Crippen LogP contribution < -0.4 is 25.8 Å². The standard InChI is InChI=1S/C40H38N6O5/c1-45-24-31(44-38(47)27-10-8-25(9-11-27)26-12-14-30(41)15-13-26)19-35(45)39(48)42-16-5-17-51-37-21-34-33(20-36(37)50-2)40(49)46-23-29-7-4-3-6-28(29)18-32(46)22-43-34/h3-4,6-15,19-22,24,32H,5,16-18,23,41H2,1-2H3,(H,42,48)(H,44,47). The highest BCUT2D eigenvalue weighted by molar-refractivity contribution is 6.05. The second-order valence-electron chi connectivity index (χ2n) is 12.6. The van der Waals surface area contributed by atoms with E-state index in [1.54, 1.807) is 48.1 Å². The molecule has 0 bridgehead atoms. The number of benzene rings is 4. The Morgan fingerprint density at radius 2 is 1.65 bits per heavy atom. The summed E-state index contributed by atoms with van der Waals surface area (Å²) < 4.78 is 13.3. The van der Waals surface area contributed by atoms with Crippen molar-refractivity contribution in [3.8, 4) is 22.6 Å². The predicted molar refractivity (Wildman–Crippen MR) is 197 cm³/mol. The molecule has 4 aromatic carbocycles. The molecule has 5 aromatic rings. The first-order valence-corrected chi connectivity index (χ1v) is 16.8. The van der Waals surface area contributed by atoms with Crippen molar-refractivity contribution in [1.82, 2.24) is 14.8 Å². The average molecular weight is 683 g/mol. The third-order valence-electron chi connectivity index (χ3n) is 9.20. The zero-order chi connectivity index (χ0) is 35.5. The van der Waals surface area contributed by atoms with Gasteiger partial charge in [0, 0.05) is 49.9 Å². The van der Waals surface area contributed by atoms with Crippen LogP contribution in [0.4, 0.5) is 17.1 Å². The van der Waals surface area contributed by atoms with Gasteiger partial charge in [0.1, 0.15) is 5.69 Å². The predicted octanol–water partition coefficient (Wildman–Crippen LogP) is 6.02. The van der Waals surface area contributed by atoms with E-state index < -0.39 is 0 Å². The lowest BCUT2D eigenvalue weighted by Gasteiger charge is -2.34.